The van der Waals surface area contributed by atoms with Crippen molar-refractivity contribution in [3.05, 3.63) is 0 Å². The zero-order valence-electron chi connectivity index (χ0n) is 28.3. The molecule has 15 heteroatoms. The number of nitrogens with two attached hydrogens (primary N) is 4. The van der Waals surface area contributed by atoms with Crippen LogP contribution in [0.25, 0.3) is 0 Å². The van der Waals surface area contributed by atoms with Crippen molar-refractivity contribution in [2.45, 2.75) is 176 Å². The first-order valence-corrected chi connectivity index (χ1v) is 17.7. The highest BCUT2D eigenvalue weighted by Crippen LogP contribution is 2.32. The van der Waals surface area contributed by atoms with Crippen molar-refractivity contribution in [2.75, 3.05) is 26.4 Å². The Morgan fingerprint density at radius 1 is 0.596 bits per heavy atom. The third-order valence-corrected chi connectivity index (χ3v) is 9.51. The third kappa shape index (κ3) is 11.5. The summed E-state index contributed by atoms with van der Waals surface area (Å²) in [5.74, 6) is 0. The Kier molecular flexibility index (Phi) is 18.2. The summed E-state index contributed by atoms with van der Waals surface area (Å²) in [6.07, 6.45) is -3.81. The molecule has 2 aliphatic heterocycles. The molecule has 15 atom stereocenters. The van der Waals surface area contributed by atoms with E-state index < -0.39 is 91.7 Å². The Labute approximate surface area is 279 Å². The molecule has 0 aromatic carbocycles. The van der Waals surface area contributed by atoms with Gasteiger partial charge < -0.3 is 76.9 Å². The number of aliphatic hydroxyl groups is 5. The van der Waals surface area contributed by atoms with Crippen molar-refractivity contribution in [3.63, 3.8) is 0 Å². The molecular weight excluding hydrogens is 616 g/mol. The molecule has 1 aliphatic carbocycles. The minimum Gasteiger partial charge on any atom is -0.388 e. The molecule has 3 fully saturated rings. The van der Waals surface area contributed by atoms with Gasteiger partial charge in [0.15, 0.2) is 12.6 Å². The van der Waals surface area contributed by atoms with Crippen LogP contribution >= 0.6 is 0 Å². The van der Waals surface area contributed by atoms with Gasteiger partial charge >= 0.3 is 0 Å². The number of aliphatic hydroxyl groups excluding tert-OH is 5. The van der Waals surface area contributed by atoms with Crippen LogP contribution in [-0.2, 0) is 28.4 Å². The molecule has 15 nitrogen and oxygen atoms in total. The zero-order chi connectivity index (χ0) is 34.5. The van der Waals surface area contributed by atoms with Gasteiger partial charge in [-0.1, -0.05) is 65.2 Å². The summed E-state index contributed by atoms with van der Waals surface area (Å²) in [5.41, 5.74) is 24.9. The van der Waals surface area contributed by atoms with E-state index in [9.17, 15) is 25.5 Å². The fourth-order valence-electron chi connectivity index (χ4n) is 6.52. The lowest BCUT2D eigenvalue weighted by molar-refractivity contribution is -0.333. The van der Waals surface area contributed by atoms with Gasteiger partial charge in [0.2, 0.25) is 0 Å². The summed E-state index contributed by atoms with van der Waals surface area (Å²) in [7, 11) is 0. The number of ether oxygens (including phenoxy) is 6. The Morgan fingerprint density at radius 3 is 1.70 bits per heavy atom. The van der Waals surface area contributed by atoms with Crippen LogP contribution in [0.2, 0.25) is 0 Å². The van der Waals surface area contributed by atoms with Gasteiger partial charge in [0.05, 0.1) is 12.6 Å². The van der Waals surface area contributed by atoms with Crippen LogP contribution < -0.4 is 22.9 Å². The molecule has 0 radical (unpaired) electrons. The van der Waals surface area contributed by atoms with Crippen LogP contribution in [0.1, 0.15) is 84.5 Å². The average molecular weight is 681 g/mol. The van der Waals surface area contributed by atoms with Crippen LogP contribution in [-0.4, -0.2) is 144 Å². The molecule has 278 valence electrons. The first kappa shape index (κ1) is 40.8. The summed E-state index contributed by atoms with van der Waals surface area (Å²) >= 11 is 0. The van der Waals surface area contributed by atoms with E-state index in [1.807, 2.05) is 0 Å². The molecule has 2 saturated heterocycles. The standard InChI is InChI=1S/C32H64N4O11/c1-3-5-7-9-11-13-42-17-21-30(43-14-12-10-8-6-4-2)22(36)24(38)31(45-21)46-28-18(34)15-19(35)29(27(28)41)47-32-26(40)25(39)23(37)20(16-33)44-32/h18-32,37-41H,3-17,33-36H2,1-2H3/t18-,19+,20-,21-,22-,23-,24-,25+,26-,27-,28+,29-,30-,31-,32-/m1/s1. The topological polar surface area (TPSA) is 261 Å². The van der Waals surface area contributed by atoms with E-state index >= 15 is 0 Å². The minimum atomic E-state index is -1.64. The summed E-state index contributed by atoms with van der Waals surface area (Å²) in [5, 5.41) is 53.6. The van der Waals surface area contributed by atoms with E-state index in [2.05, 4.69) is 13.8 Å². The maximum Gasteiger partial charge on any atom is 0.187 e. The van der Waals surface area contributed by atoms with Crippen molar-refractivity contribution < 1.29 is 54.0 Å². The SMILES string of the molecule is CCCCCCCOC[C@H]1O[C@H](O[C@@H]2[C@@H](O)[C@H](O[C@H]3O[C@H](CN)[C@@H](O)[C@H](O)[C@H]3O)[C@@H](N)C[C@H]2N)[C@H](O)[C@@H](N)[C@@H]1OCCCCCCC. The Bertz CT molecular complexity index is 851. The summed E-state index contributed by atoms with van der Waals surface area (Å²) in [4.78, 5) is 0. The molecule has 3 aliphatic rings. The van der Waals surface area contributed by atoms with E-state index in [0.29, 0.717) is 13.2 Å². The number of unbranched alkanes of at least 4 members (excludes halogenated alkanes) is 8. The van der Waals surface area contributed by atoms with E-state index in [-0.39, 0.29) is 19.6 Å². The van der Waals surface area contributed by atoms with Crippen LogP contribution in [0, 0.1) is 0 Å². The van der Waals surface area contributed by atoms with Gasteiger partial charge in [-0.2, -0.15) is 0 Å². The van der Waals surface area contributed by atoms with Crippen LogP contribution in [0.4, 0.5) is 0 Å². The van der Waals surface area contributed by atoms with E-state index in [4.69, 9.17) is 51.4 Å². The lowest BCUT2D eigenvalue weighted by Crippen LogP contribution is -2.68. The maximum atomic E-state index is 11.4. The minimum absolute atomic E-state index is 0.143. The number of hydrogen-bond acceptors (Lipinski definition) is 15. The molecule has 0 unspecified atom stereocenters. The summed E-state index contributed by atoms with van der Waals surface area (Å²) in [6, 6.07) is -2.45. The van der Waals surface area contributed by atoms with Crippen molar-refractivity contribution >= 4 is 0 Å². The Balaban J connectivity index is 1.66. The Morgan fingerprint density at radius 2 is 1.13 bits per heavy atom. The second kappa shape index (κ2) is 20.9. The van der Waals surface area contributed by atoms with Crippen molar-refractivity contribution in [3.8, 4) is 0 Å². The van der Waals surface area contributed by atoms with E-state index in [1.165, 1.54) is 6.42 Å². The lowest BCUT2D eigenvalue weighted by atomic mass is 9.84. The number of rotatable bonds is 20. The first-order valence-electron chi connectivity index (χ1n) is 17.7. The molecule has 1 saturated carbocycles. The van der Waals surface area contributed by atoms with Crippen molar-refractivity contribution in [2.24, 2.45) is 22.9 Å². The largest absolute Gasteiger partial charge is 0.388 e. The molecule has 0 amide bonds. The fraction of sp³-hybridized carbons (Fsp3) is 1.00. The monoisotopic (exact) mass is 680 g/mol. The fourth-order valence-corrected chi connectivity index (χ4v) is 6.52. The summed E-state index contributed by atoms with van der Waals surface area (Å²) in [6.45, 7) is 5.37. The highest BCUT2D eigenvalue weighted by molar-refractivity contribution is 5.01. The number of hydrogen-bond donors (Lipinski definition) is 9. The molecule has 2 heterocycles. The molecule has 0 spiro atoms. The van der Waals surface area contributed by atoms with E-state index in [1.54, 1.807) is 0 Å². The second-order valence-corrected chi connectivity index (χ2v) is 13.4. The van der Waals surface area contributed by atoms with Crippen molar-refractivity contribution in [1.29, 1.82) is 0 Å². The van der Waals surface area contributed by atoms with Gasteiger partial charge in [0, 0.05) is 31.8 Å². The molecule has 47 heavy (non-hydrogen) atoms. The predicted octanol–water partition coefficient (Wildman–Crippen LogP) is -1.30. The average Bonchev–Trinajstić information content (AvgIpc) is 3.05. The highest BCUT2D eigenvalue weighted by atomic mass is 16.7. The second-order valence-electron chi connectivity index (χ2n) is 13.4. The molecule has 13 N–H and O–H groups in total. The smallest absolute Gasteiger partial charge is 0.187 e. The van der Waals surface area contributed by atoms with Crippen LogP contribution in [0.3, 0.4) is 0 Å². The van der Waals surface area contributed by atoms with Gasteiger partial charge in [-0.25, -0.2) is 0 Å². The quantitative estimate of drug-likeness (QED) is 0.0677. The first-order chi connectivity index (χ1) is 22.5. The van der Waals surface area contributed by atoms with Gasteiger partial charge in [-0.05, 0) is 19.3 Å². The maximum absolute atomic E-state index is 11.4. The normalized spacial score (nSPS) is 41.3. The van der Waals surface area contributed by atoms with Crippen LogP contribution in [0.5, 0.6) is 0 Å². The molecule has 3 rings (SSSR count). The lowest BCUT2D eigenvalue weighted by Gasteiger charge is -2.48. The molecule has 0 aromatic heterocycles. The van der Waals surface area contributed by atoms with Gasteiger partial charge in [0.1, 0.15) is 61.0 Å². The van der Waals surface area contributed by atoms with E-state index in [0.717, 1.165) is 57.8 Å². The van der Waals surface area contributed by atoms with Crippen LogP contribution in [0.15, 0.2) is 0 Å². The molecular formula is C32H64N4O11. The Hall–Kier alpha value is -0.600. The van der Waals surface area contributed by atoms with Gasteiger partial charge in [-0.15, -0.1) is 0 Å². The highest BCUT2D eigenvalue weighted by Gasteiger charge is 2.52. The van der Waals surface area contributed by atoms with Gasteiger partial charge in [-0.3, -0.25) is 0 Å². The molecule has 0 bridgehead atoms. The predicted molar refractivity (Wildman–Crippen MR) is 173 cm³/mol. The molecule has 0 aromatic rings. The van der Waals surface area contributed by atoms with Crippen molar-refractivity contribution in [1.82, 2.24) is 0 Å². The summed E-state index contributed by atoms with van der Waals surface area (Å²) < 4.78 is 36.0. The zero-order valence-corrected chi connectivity index (χ0v) is 28.3. The third-order valence-electron chi connectivity index (χ3n) is 9.51. The van der Waals surface area contributed by atoms with Gasteiger partial charge in [0.25, 0.3) is 0 Å².